The summed E-state index contributed by atoms with van der Waals surface area (Å²) in [6, 6.07) is 3.30. The van der Waals surface area contributed by atoms with E-state index in [4.69, 9.17) is 0 Å². The molecule has 3 rings (SSSR count). The fourth-order valence-corrected chi connectivity index (χ4v) is 2.64. The highest BCUT2D eigenvalue weighted by Gasteiger charge is 2.37. The van der Waals surface area contributed by atoms with Crippen molar-refractivity contribution in [2.24, 2.45) is 0 Å². The van der Waals surface area contributed by atoms with E-state index in [1.54, 1.807) is 12.1 Å². The summed E-state index contributed by atoms with van der Waals surface area (Å²) in [6.45, 7) is 2.10. The predicted molar refractivity (Wildman–Crippen MR) is 66.0 cm³/mol. The quantitative estimate of drug-likeness (QED) is 0.724. The van der Waals surface area contributed by atoms with E-state index in [1.807, 2.05) is 6.92 Å². The molecule has 0 saturated carbocycles. The zero-order valence-corrected chi connectivity index (χ0v) is 10.7. The molecule has 3 aromatic rings. The lowest BCUT2D eigenvalue weighted by Crippen LogP contribution is -2.14. The highest BCUT2D eigenvalue weighted by molar-refractivity contribution is 7.00. The van der Waals surface area contributed by atoms with Gasteiger partial charge in [-0.05, 0) is 18.6 Å². The molecule has 0 radical (unpaired) electrons. The first-order valence-corrected chi connectivity index (χ1v) is 6.44. The average molecular weight is 286 g/mol. The minimum atomic E-state index is -4.47. The highest BCUT2D eigenvalue weighted by Crippen LogP contribution is 2.33. The van der Waals surface area contributed by atoms with Gasteiger partial charge in [0.05, 0.1) is 17.2 Å². The Bertz CT molecular complexity index is 743. The number of alkyl halides is 3. The third kappa shape index (κ3) is 1.86. The topological polar surface area (TPSA) is 43.6 Å². The lowest BCUT2D eigenvalue weighted by molar-refractivity contribution is -0.146. The lowest BCUT2D eigenvalue weighted by atomic mass is 10.2. The van der Waals surface area contributed by atoms with E-state index in [9.17, 15) is 13.2 Å². The van der Waals surface area contributed by atoms with Gasteiger partial charge in [0.25, 0.3) is 0 Å². The van der Waals surface area contributed by atoms with Gasteiger partial charge in [-0.1, -0.05) is 6.92 Å². The van der Waals surface area contributed by atoms with Crippen LogP contribution in [0.15, 0.2) is 12.1 Å². The zero-order chi connectivity index (χ0) is 13.6. The van der Waals surface area contributed by atoms with Crippen molar-refractivity contribution in [2.45, 2.75) is 26.1 Å². The Morgan fingerprint density at radius 1 is 1.21 bits per heavy atom. The predicted octanol–water partition coefficient (Wildman–Crippen LogP) is 3.47. The van der Waals surface area contributed by atoms with Crippen LogP contribution in [0.5, 0.6) is 0 Å². The molecule has 0 aliphatic carbocycles. The molecular weight excluding hydrogens is 277 g/mol. The van der Waals surface area contributed by atoms with Gasteiger partial charge in [0.15, 0.2) is 0 Å². The van der Waals surface area contributed by atoms with Crippen LogP contribution in [0.25, 0.3) is 22.1 Å². The van der Waals surface area contributed by atoms with Crippen LogP contribution in [0.1, 0.15) is 19.2 Å². The Morgan fingerprint density at radius 2 is 2.00 bits per heavy atom. The summed E-state index contributed by atoms with van der Waals surface area (Å²) >= 11 is 0.973. The van der Waals surface area contributed by atoms with E-state index in [-0.39, 0.29) is 12.1 Å². The van der Waals surface area contributed by atoms with Gasteiger partial charge in [-0.15, -0.1) is 0 Å². The van der Waals surface area contributed by atoms with Gasteiger partial charge in [-0.2, -0.15) is 21.9 Å². The van der Waals surface area contributed by atoms with Crippen molar-refractivity contribution in [3.63, 3.8) is 0 Å². The first kappa shape index (κ1) is 12.3. The molecule has 0 aliphatic rings. The molecule has 8 heteroatoms. The number of hydrogen-bond donors (Lipinski definition) is 0. The number of benzene rings is 1. The second-order valence-corrected chi connectivity index (χ2v) is 4.68. The minimum Gasteiger partial charge on any atom is -0.320 e. The van der Waals surface area contributed by atoms with Crippen LogP contribution < -0.4 is 0 Å². The second kappa shape index (κ2) is 4.16. The molecule has 0 bridgehead atoms. The van der Waals surface area contributed by atoms with Gasteiger partial charge in [0.2, 0.25) is 5.82 Å². The number of aromatic nitrogens is 4. The summed E-state index contributed by atoms with van der Waals surface area (Å²) in [5.74, 6) is -0.871. The molecule has 0 unspecified atom stereocenters. The van der Waals surface area contributed by atoms with Gasteiger partial charge < -0.3 is 4.57 Å². The number of imidazole rings is 1. The minimum absolute atomic E-state index is 0.270. The van der Waals surface area contributed by atoms with E-state index in [2.05, 4.69) is 13.7 Å². The summed E-state index contributed by atoms with van der Waals surface area (Å²) in [7, 11) is 0. The van der Waals surface area contributed by atoms with Crippen LogP contribution in [0.2, 0.25) is 0 Å². The Labute approximate surface area is 110 Å². The first-order valence-electron chi connectivity index (χ1n) is 5.71. The first-order chi connectivity index (χ1) is 9.02. The molecule has 2 aromatic heterocycles. The Hall–Kier alpha value is -1.70. The molecular formula is C11H9F3N4S. The van der Waals surface area contributed by atoms with Crippen molar-refractivity contribution in [3.8, 4) is 0 Å². The molecule has 1 aromatic carbocycles. The van der Waals surface area contributed by atoms with Gasteiger partial charge in [-0.3, -0.25) is 0 Å². The number of rotatable bonds is 2. The van der Waals surface area contributed by atoms with Gasteiger partial charge in [0, 0.05) is 6.54 Å². The van der Waals surface area contributed by atoms with Crippen molar-refractivity contribution in [3.05, 3.63) is 18.0 Å². The molecule has 19 heavy (non-hydrogen) atoms. The summed E-state index contributed by atoms with van der Waals surface area (Å²) < 4.78 is 48.3. The normalized spacial score (nSPS) is 12.6. The van der Waals surface area contributed by atoms with E-state index in [1.165, 1.54) is 4.57 Å². The largest absolute Gasteiger partial charge is 0.449 e. The standard InChI is InChI=1S/C11H9F3N4S/c1-2-5-18-7-4-3-6-8(17-19-16-6)9(7)15-10(18)11(12,13)14/h3-4H,2,5H2,1H3. The zero-order valence-electron chi connectivity index (χ0n) is 9.90. The van der Waals surface area contributed by atoms with Gasteiger partial charge in [0.1, 0.15) is 16.6 Å². The molecule has 0 N–H and O–H groups in total. The fourth-order valence-electron chi connectivity index (χ4n) is 2.10. The Morgan fingerprint density at radius 3 is 2.68 bits per heavy atom. The highest BCUT2D eigenvalue weighted by atomic mass is 32.1. The van der Waals surface area contributed by atoms with E-state index < -0.39 is 12.0 Å². The van der Waals surface area contributed by atoms with Crippen LogP contribution in [0.3, 0.4) is 0 Å². The molecule has 2 heterocycles. The van der Waals surface area contributed by atoms with E-state index in [0.29, 0.717) is 23.0 Å². The molecule has 4 nitrogen and oxygen atoms in total. The fraction of sp³-hybridized carbons (Fsp3) is 0.364. The summed E-state index contributed by atoms with van der Waals surface area (Å²) in [5.41, 5.74) is 1.73. The van der Waals surface area contributed by atoms with E-state index in [0.717, 1.165) is 11.7 Å². The third-order valence-electron chi connectivity index (χ3n) is 2.84. The SMILES string of the molecule is CCCn1c(C(F)(F)F)nc2c3nsnc3ccc21. The number of aryl methyl sites for hydroxylation is 1. The van der Waals surface area contributed by atoms with Crippen LogP contribution >= 0.6 is 11.7 Å². The van der Waals surface area contributed by atoms with Crippen molar-refractivity contribution in [1.29, 1.82) is 0 Å². The molecule has 0 fully saturated rings. The molecule has 0 amide bonds. The van der Waals surface area contributed by atoms with E-state index >= 15 is 0 Å². The van der Waals surface area contributed by atoms with Crippen molar-refractivity contribution in [1.82, 2.24) is 18.3 Å². The Kier molecular flexibility index (Phi) is 2.70. The van der Waals surface area contributed by atoms with Crippen molar-refractivity contribution >= 4 is 33.8 Å². The maximum atomic E-state index is 13.0. The van der Waals surface area contributed by atoms with Crippen LogP contribution in [-0.4, -0.2) is 18.3 Å². The number of hydrogen-bond acceptors (Lipinski definition) is 4. The van der Waals surface area contributed by atoms with Crippen LogP contribution in [0, 0.1) is 0 Å². The number of fused-ring (bicyclic) bond motifs is 3. The van der Waals surface area contributed by atoms with Gasteiger partial charge >= 0.3 is 6.18 Å². The molecule has 0 spiro atoms. The molecule has 0 aliphatic heterocycles. The van der Waals surface area contributed by atoms with Crippen LogP contribution in [-0.2, 0) is 12.7 Å². The lowest BCUT2D eigenvalue weighted by Gasteiger charge is -2.09. The molecule has 0 atom stereocenters. The van der Waals surface area contributed by atoms with Gasteiger partial charge in [-0.25, -0.2) is 4.98 Å². The Balaban J connectivity index is 2.39. The monoisotopic (exact) mass is 286 g/mol. The maximum absolute atomic E-state index is 13.0. The summed E-state index contributed by atoms with van der Waals surface area (Å²) in [5, 5.41) is 0. The van der Waals surface area contributed by atoms with Crippen LogP contribution in [0.4, 0.5) is 13.2 Å². The second-order valence-electron chi connectivity index (χ2n) is 4.15. The number of nitrogens with zero attached hydrogens (tertiary/aromatic N) is 4. The third-order valence-corrected chi connectivity index (χ3v) is 3.39. The number of halogens is 3. The van der Waals surface area contributed by atoms with Crippen molar-refractivity contribution < 1.29 is 13.2 Å². The summed E-state index contributed by atoms with van der Waals surface area (Å²) in [4.78, 5) is 3.75. The maximum Gasteiger partial charge on any atom is 0.449 e. The van der Waals surface area contributed by atoms with Crippen molar-refractivity contribution in [2.75, 3.05) is 0 Å². The average Bonchev–Trinajstić information content (AvgIpc) is 2.91. The molecule has 100 valence electrons. The molecule has 0 saturated heterocycles. The smallest absolute Gasteiger partial charge is 0.320 e. The summed E-state index contributed by atoms with van der Waals surface area (Å²) in [6.07, 6.45) is -3.87.